The highest BCUT2D eigenvalue weighted by atomic mass is 32.1. The largest absolute Gasteiger partial charge is 0.481 e. The minimum atomic E-state index is -0.995. The zero-order chi connectivity index (χ0) is 15.7. The summed E-state index contributed by atoms with van der Waals surface area (Å²) < 4.78 is 6.36. The Morgan fingerprint density at radius 1 is 1.27 bits per heavy atom. The van der Waals surface area contributed by atoms with Gasteiger partial charge in [-0.1, -0.05) is 6.07 Å². The van der Waals surface area contributed by atoms with Crippen molar-refractivity contribution in [2.45, 2.75) is 13.0 Å². The first kappa shape index (κ1) is 14.3. The molecule has 6 nitrogen and oxygen atoms in total. The van der Waals surface area contributed by atoms with Crippen LogP contribution in [0.4, 0.5) is 0 Å². The number of hydrogen-bond acceptors (Lipinski definition) is 5. The van der Waals surface area contributed by atoms with Crippen LogP contribution in [0, 0.1) is 0 Å². The molecule has 1 N–H and O–H groups in total. The van der Waals surface area contributed by atoms with Gasteiger partial charge in [0.05, 0.1) is 16.8 Å². The summed E-state index contributed by atoms with van der Waals surface area (Å²) in [5.41, 5.74) is 1.18. The number of aryl methyl sites for hydroxylation is 1. The zero-order valence-electron chi connectivity index (χ0n) is 11.3. The first-order valence-corrected chi connectivity index (χ1v) is 7.37. The topological polar surface area (TPSA) is 89.5 Å². The summed E-state index contributed by atoms with van der Waals surface area (Å²) in [5.74, 6) is -1.76. The highest BCUT2D eigenvalue weighted by molar-refractivity contribution is 7.12. The van der Waals surface area contributed by atoms with Crippen molar-refractivity contribution in [3.05, 3.63) is 56.7 Å². The van der Waals surface area contributed by atoms with Crippen LogP contribution >= 0.6 is 11.3 Å². The molecule has 1 aromatic carbocycles. The Hall–Kier alpha value is -2.67. The number of oxazole rings is 1. The molecule has 0 amide bonds. The van der Waals surface area contributed by atoms with Crippen molar-refractivity contribution in [2.75, 3.05) is 0 Å². The molecule has 0 unspecified atom stereocenters. The lowest BCUT2D eigenvalue weighted by atomic mass is 10.1. The molecule has 0 saturated heterocycles. The number of carbonyl (C=O) groups is 2. The molecule has 112 valence electrons. The normalized spacial score (nSPS) is 10.9. The summed E-state index contributed by atoms with van der Waals surface area (Å²) in [6, 6.07) is 8.24. The SMILES string of the molecule is O=C(O)CCn1c(=O)oc2cc(C(=O)c3cccs3)ccc21. The third kappa shape index (κ3) is 2.58. The second-order valence-corrected chi connectivity index (χ2v) is 5.60. The summed E-state index contributed by atoms with van der Waals surface area (Å²) in [6.07, 6.45) is -0.176. The summed E-state index contributed by atoms with van der Waals surface area (Å²) in [6.45, 7) is 0.0272. The molecule has 2 heterocycles. The van der Waals surface area contributed by atoms with E-state index < -0.39 is 11.7 Å². The average Bonchev–Trinajstić information content (AvgIpc) is 3.11. The molecule has 0 aliphatic heterocycles. The molecular formula is C15H11NO5S. The van der Waals surface area contributed by atoms with Gasteiger partial charge in [-0.25, -0.2) is 4.79 Å². The summed E-state index contributed by atoms with van der Waals surface area (Å²) in [5, 5.41) is 10.5. The Kier molecular flexibility index (Phi) is 3.64. The van der Waals surface area contributed by atoms with Crippen molar-refractivity contribution in [3.63, 3.8) is 0 Å². The molecule has 0 atom stereocenters. The highest BCUT2D eigenvalue weighted by Crippen LogP contribution is 2.20. The van der Waals surface area contributed by atoms with E-state index >= 15 is 0 Å². The Bertz CT molecular complexity index is 904. The van der Waals surface area contributed by atoms with Gasteiger partial charge in [0.15, 0.2) is 5.58 Å². The van der Waals surface area contributed by atoms with Crippen molar-refractivity contribution in [2.24, 2.45) is 0 Å². The van der Waals surface area contributed by atoms with E-state index in [1.807, 2.05) is 5.38 Å². The quantitative estimate of drug-likeness (QED) is 0.730. The van der Waals surface area contributed by atoms with Gasteiger partial charge in [-0.2, -0.15) is 0 Å². The third-order valence-corrected chi connectivity index (χ3v) is 4.09. The minimum absolute atomic E-state index is 0.0272. The highest BCUT2D eigenvalue weighted by Gasteiger charge is 2.15. The number of rotatable bonds is 5. The van der Waals surface area contributed by atoms with E-state index in [0.29, 0.717) is 16.0 Å². The van der Waals surface area contributed by atoms with Crippen LogP contribution in [-0.2, 0) is 11.3 Å². The molecule has 3 rings (SSSR count). The number of aliphatic carboxylic acids is 1. The predicted octanol–water partition coefficient (Wildman–Crippen LogP) is 2.36. The standard InChI is InChI=1S/C15H11NO5S/c17-13(18)5-6-16-10-4-3-9(8-11(10)21-15(16)20)14(19)12-2-1-7-22-12/h1-4,7-8H,5-6H2,(H,17,18). The molecule has 2 aromatic heterocycles. The molecule has 0 aliphatic rings. The van der Waals surface area contributed by atoms with Gasteiger partial charge >= 0.3 is 11.7 Å². The van der Waals surface area contributed by atoms with E-state index in [9.17, 15) is 14.4 Å². The van der Waals surface area contributed by atoms with Gasteiger partial charge in [0.1, 0.15) is 0 Å². The average molecular weight is 317 g/mol. The maximum atomic E-state index is 12.3. The maximum Gasteiger partial charge on any atom is 0.419 e. The molecular weight excluding hydrogens is 306 g/mol. The maximum absolute atomic E-state index is 12.3. The number of nitrogens with zero attached hydrogens (tertiary/aromatic N) is 1. The van der Waals surface area contributed by atoms with Gasteiger partial charge in [-0.3, -0.25) is 14.2 Å². The molecule has 7 heteroatoms. The van der Waals surface area contributed by atoms with E-state index in [0.717, 1.165) is 0 Å². The van der Waals surface area contributed by atoms with Crippen LogP contribution in [0.25, 0.3) is 11.1 Å². The van der Waals surface area contributed by atoms with Crippen molar-refractivity contribution in [1.82, 2.24) is 4.57 Å². The number of carbonyl (C=O) groups excluding carboxylic acids is 1. The number of ketones is 1. The molecule has 0 radical (unpaired) electrons. The number of fused-ring (bicyclic) bond motifs is 1. The molecule has 0 spiro atoms. The number of aromatic nitrogens is 1. The summed E-state index contributed by atoms with van der Waals surface area (Å²) in [4.78, 5) is 35.3. The number of carboxylic acids is 1. The molecule has 0 bridgehead atoms. The van der Waals surface area contributed by atoms with E-state index in [4.69, 9.17) is 9.52 Å². The lowest BCUT2D eigenvalue weighted by Crippen LogP contribution is -2.16. The number of hydrogen-bond donors (Lipinski definition) is 1. The van der Waals surface area contributed by atoms with Gasteiger partial charge < -0.3 is 9.52 Å². The Morgan fingerprint density at radius 3 is 2.77 bits per heavy atom. The van der Waals surface area contributed by atoms with Crippen molar-refractivity contribution < 1.29 is 19.1 Å². The smallest absolute Gasteiger partial charge is 0.419 e. The number of thiophene rings is 1. The van der Waals surface area contributed by atoms with E-state index in [2.05, 4.69) is 0 Å². The second kappa shape index (κ2) is 5.61. The summed E-state index contributed by atoms with van der Waals surface area (Å²) >= 11 is 1.34. The first-order chi connectivity index (χ1) is 10.6. The second-order valence-electron chi connectivity index (χ2n) is 4.65. The van der Waals surface area contributed by atoms with Gasteiger partial charge in [-0.15, -0.1) is 11.3 Å². The first-order valence-electron chi connectivity index (χ1n) is 6.49. The fraction of sp³-hybridized carbons (Fsp3) is 0.133. The molecule has 0 fully saturated rings. The molecule has 0 saturated carbocycles. The molecule has 3 aromatic rings. The van der Waals surface area contributed by atoms with Crippen molar-refractivity contribution in [1.29, 1.82) is 0 Å². The van der Waals surface area contributed by atoms with Crippen LogP contribution < -0.4 is 5.76 Å². The number of carboxylic acid groups (broad SMARTS) is 1. The van der Waals surface area contributed by atoms with Crippen LogP contribution in [0.1, 0.15) is 21.7 Å². The lowest BCUT2D eigenvalue weighted by Gasteiger charge is -2.01. The van der Waals surface area contributed by atoms with Crippen LogP contribution in [0.5, 0.6) is 0 Å². The van der Waals surface area contributed by atoms with Crippen molar-refractivity contribution >= 4 is 34.2 Å². The summed E-state index contributed by atoms with van der Waals surface area (Å²) in [7, 11) is 0. The van der Waals surface area contributed by atoms with E-state index in [1.165, 1.54) is 22.0 Å². The van der Waals surface area contributed by atoms with Gasteiger partial charge in [0, 0.05) is 12.1 Å². The van der Waals surface area contributed by atoms with Crippen LogP contribution in [0.15, 0.2) is 44.9 Å². The van der Waals surface area contributed by atoms with E-state index in [1.54, 1.807) is 24.3 Å². The van der Waals surface area contributed by atoms with Gasteiger partial charge in [-0.05, 0) is 29.6 Å². The monoisotopic (exact) mass is 317 g/mol. The minimum Gasteiger partial charge on any atom is -0.481 e. The third-order valence-electron chi connectivity index (χ3n) is 3.22. The van der Waals surface area contributed by atoms with Crippen LogP contribution in [0.2, 0.25) is 0 Å². The van der Waals surface area contributed by atoms with Crippen molar-refractivity contribution in [3.8, 4) is 0 Å². The number of benzene rings is 1. The van der Waals surface area contributed by atoms with Crippen LogP contribution in [-0.4, -0.2) is 21.4 Å². The molecule has 0 aliphatic carbocycles. The van der Waals surface area contributed by atoms with Gasteiger partial charge in [0.2, 0.25) is 5.78 Å². The van der Waals surface area contributed by atoms with Crippen LogP contribution in [0.3, 0.4) is 0 Å². The molecule has 22 heavy (non-hydrogen) atoms. The zero-order valence-corrected chi connectivity index (χ0v) is 12.1. The predicted molar refractivity (Wildman–Crippen MR) is 80.5 cm³/mol. The lowest BCUT2D eigenvalue weighted by molar-refractivity contribution is -0.137. The fourth-order valence-electron chi connectivity index (χ4n) is 2.18. The van der Waals surface area contributed by atoms with Gasteiger partial charge in [0.25, 0.3) is 0 Å². The van der Waals surface area contributed by atoms with E-state index in [-0.39, 0.29) is 24.3 Å². The fourth-order valence-corrected chi connectivity index (χ4v) is 2.86. The Labute approximate surface area is 128 Å². The Balaban J connectivity index is 2.00. The Morgan fingerprint density at radius 2 is 2.09 bits per heavy atom.